The van der Waals surface area contributed by atoms with Gasteiger partial charge in [0, 0.05) is 0 Å². The summed E-state index contributed by atoms with van der Waals surface area (Å²) in [5, 5.41) is 10.7. The molecule has 0 bridgehead atoms. The summed E-state index contributed by atoms with van der Waals surface area (Å²) in [5.41, 5.74) is -0.0487. The Morgan fingerprint density at radius 2 is 2.06 bits per heavy atom. The fraction of sp³-hybridized carbons (Fsp3) is 0.429. The van der Waals surface area contributed by atoms with E-state index in [0.29, 0.717) is 18.8 Å². The van der Waals surface area contributed by atoms with Gasteiger partial charge in [0.1, 0.15) is 11.4 Å². The summed E-state index contributed by atoms with van der Waals surface area (Å²) in [6.07, 6.45) is 4.67. The maximum absolute atomic E-state index is 10.7. The number of allylic oxidation sites excluding steroid dienone is 1. The molecule has 0 spiro atoms. The molecule has 2 heteroatoms. The van der Waals surface area contributed by atoms with Gasteiger partial charge in [0.25, 0.3) is 0 Å². The van der Waals surface area contributed by atoms with Crippen molar-refractivity contribution in [2.75, 3.05) is 6.61 Å². The van der Waals surface area contributed by atoms with E-state index in [2.05, 4.69) is 0 Å². The van der Waals surface area contributed by atoms with Crippen LogP contribution in [0.3, 0.4) is 0 Å². The first-order chi connectivity index (χ1) is 7.77. The number of hydrogen-bond donors (Lipinski definition) is 1. The van der Waals surface area contributed by atoms with Crippen LogP contribution < -0.4 is 0 Å². The van der Waals surface area contributed by atoms with Crippen molar-refractivity contribution >= 4 is 0 Å². The van der Waals surface area contributed by atoms with Crippen molar-refractivity contribution in [2.24, 2.45) is 0 Å². The summed E-state index contributed by atoms with van der Waals surface area (Å²) < 4.78 is 5.60. The smallest absolute Gasteiger partial charge is 0.146 e. The Hall–Kier alpha value is -1.28. The highest BCUT2D eigenvalue weighted by molar-refractivity contribution is 5.30. The van der Waals surface area contributed by atoms with Gasteiger partial charge in [-0.2, -0.15) is 0 Å². The fourth-order valence-corrected chi connectivity index (χ4v) is 2.08. The van der Waals surface area contributed by atoms with Gasteiger partial charge in [-0.25, -0.2) is 0 Å². The second-order valence-corrected chi connectivity index (χ2v) is 4.14. The Balaban J connectivity index is 2.35. The normalized spacial score (nSPS) is 19.5. The molecule has 86 valence electrons. The standard InChI is InChI=1S/C14H18O2/c1-2-14(15,12-8-4-3-5-9-12)13-10-6-7-11-16-13/h3-5,8-10,15H,2,6-7,11H2,1H3. The highest BCUT2D eigenvalue weighted by Crippen LogP contribution is 2.35. The third kappa shape index (κ3) is 1.98. The topological polar surface area (TPSA) is 29.5 Å². The van der Waals surface area contributed by atoms with Crippen LogP contribution >= 0.6 is 0 Å². The first kappa shape index (κ1) is 11.2. The predicted octanol–water partition coefficient (Wildman–Crippen LogP) is 2.98. The second-order valence-electron chi connectivity index (χ2n) is 4.14. The molecule has 1 aliphatic rings. The number of aliphatic hydroxyl groups is 1. The van der Waals surface area contributed by atoms with E-state index in [0.717, 1.165) is 18.4 Å². The summed E-state index contributed by atoms with van der Waals surface area (Å²) in [5.74, 6) is 0.715. The summed E-state index contributed by atoms with van der Waals surface area (Å²) in [6, 6.07) is 9.74. The molecule has 1 atom stereocenters. The molecular formula is C14H18O2. The average molecular weight is 218 g/mol. The second kappa shape index (κ2) is 4.71. The average Bonchev–Trinajstić information content (AvgIpc) is 2.40. The number of benzene rings is 1. The van der Waals surface area contributed by atoms with Crippen LogP contribution in [0.25, 0.3) is 0 Å². The summed E-state index contributed by atoms with van der Waals surface area (Å²) >= 11 is 0. The van der Waals surface area contributed by atoms with Crippen molar-refractivity contribution in [3.8, 4) is 0 Å². The Bertz CT molecular complexity index is 370. The summed E-state index contributed by atoms with van der Waals surface area (Å²) in [6.45, 7) is 2.69. The molecule has 1 aromatic rings. The van der Waals surface area contributed by atoms with Crippen LogP contribution in [0.5, 0.6) is 0 Å². The van der Waals surface area contributed by atoms with E-state index in [1.165, 1.54) is 0 Å². The van der Waals surface area contributed by atoms with Crippen LogP contribution in [0.2, 0.25) is 0 Å². The van der Waals surface area contributed by atoms with Crippen LogP contribution in [0.4, 0.5) is 0 Å². The van der Waals surface area contributed by atoms with E-state index in [-0.39, 0.29) is 0 Å². The molecule has 1 unspecified atom stereocenters. The van der Waals surface area contributed by atoms with E-state index in [9.17, 15) is 5.11 Å². The van der Waals surface area contributed by atoms with Crippen molar-refractivity contribution in [1.29, 1.82) is 0 Å². The lowest BCUT2D eigenvalue weighted by Gasteiger charge is -2.31. The molecule has 1 heterocycles. The fourth-order valence-electron chi connectivity index (χ4n) is 2.08. The molecule has 1 N–H and O–H groups in total. The van der Waals surface area contributed by atoms with Crippen molar-refractivity contribution in [3.63, 3.8) is 0 Å². The number of hydrogen-bond acceptors (Lipinski definition) is 2. The zero-order valence-electron chi connectivity index (χ0n) is 9.65. The van der Waals surface area contributed by atoms with Gasteiger partial charge in [-0.15, -0.1) is 0 Å². The lowest BCUT2D eigenvalue weighted by Crippen LogP contribution is -2.30. The van der Waals surface area contributed by atoms with Gasteiger partial charge in [0.05, 0.1) is 6.61 Å². The van der Waals surface area contributed by atoms with Gasteiger partial charge in [-0.1, -0.05) is 37.3 Å². The van der Waals surface area contributed by atoms with Gasteiger partial charge < -0.3 is 9.84 Å². The molecule has 0 amide bonds. The monoisotopic (exact) mass is 218 g/mol. The van der Waals surface area contributed by atoms with Crippen molar-refractivity contribution in [3.05, 3.63) is 47.7 Å². The minimum Gasteiger partial charge on any atom is -0.495 e. The predicted molar refractivity (Wildman–Crippen MR) is 63.9 cm³/mol. The van der Waals surface area contributed by atoms with Crippen LogP contribution in [0.1, 0.15) is 31.7 Å². The Labute approximate surface area is 96.6 Å². The van der Waals surface area contributed by atoms with E-state index < -0.39 is 5.60 Å². The Kier molecular flexibility index (Phi) is 3.30. The molecule has 1 aromatic carbocycles. The summed E-state index contributed by atoms with van der Waals surface area (Å²) in [7, 11) is 0. The van der Waals surface area contributed by atoms with Crippen LogP contribution in [-0.2, 0) is 10.3 Å². The SMILES string of the molecule is CCC(O)(C1=CCCCO1)c1ccccc1. The van der Waals surface area contributed by atoms with Gasteiger partial charge >= 0.3 is 0 Å². The number of rotatable bonds is 3. The van der Waals surface area contributed by atoms with Gasteiger partial charge in [0.2, 0.25) is 0 Å². The first-order valence-corrected chi connectivity index (χ1v) is 5.88. The molecule has 2 nitrogen and oxygen atoms in total. The largest absolute Gasteiger partial charge is 0.495 e. The van der Waals surface area contributed by atoms with Crippen molar-refractivity contribution in [1.82, 2.24) is 0 Å². The van der Waals surface area contributed by atoms with Gasteiger partial charge in [-0.05, 0) is 30.9 Å². The van der Waals surface area contributed by atoms with Crippen LogP contribution in [-0.4, -0.2) is 11.7 Å². The molecule has 0 saturated carbocycles. The minimum absolute atomic E-state index is 0.628. The molecular weight excluding hydrogens is 200 g/mol. The zero-order chi connectivity index (χ0) is 11.4. The molecule has 0 fully saturated rings. The molecule has 0 saturated heterocycles. The van der Waals surface area contributed by atoms with E-state index >= 15 is 0 Å². The maximum Gasteiger partial charge on any atom is 0.146 e. The highest BCUT2D eigenvalue weighted by Gasteiger charge is 2.34. The molecule has 2 rings (SSSR count). The number of ether oxygens (including phenoxy) is 1. The Morgan fingerprint density at radius 3 is 2.62 bits per heavy atom. The van der Waals surface area contributed by atoms with E-state index in [1.807, 2.05) is 43.3 Å². The highest BCUT2D eigenvalue weighted by atomic mass is 16.5. The molecule has 16 heavy (non-hydrogen) atoms. The van der Waals surface area contributed by atoms with Crippen LogP contribution in [0, 0.1) is 0 Å². The van der Waals surface area contributed by atoms with Gasteiger partial charge in [-0.3, -0.25) is 0 Å². The lowest BCUT2D eigenvalue weighted by molar-refractivity contribution is -0.00260. The molecule has 1 aliphatic heterocycles. The molecule has 0 radical (unpaired) electrons. The molecule has 0 aromatic heterocycles. The maximum atomic E-state index is 10.7. The van der Waals surface area contributed by atoms with E-state index in [1.54, 1.807) is 0 Å². The lowest BCUT2D eigenvalue weighted by atomic mass is 9.88. The third-order valence-electron chi connectivity index (χ3n) is 3.11. The Morgan fingerprint density at radius 1 is 1.31 bits per heavy atom. The van der Waals surface area contributed by atoms with Crippen molar-refractivity contribution in [2.45, 2.75) is 31.8 Å². The van der Waals surface area contributed by atoms with Crippen molar-refractivity contribution < 1.29 is 9.84 Å². The first-order valence-electron chi connectivity index (χ1n) is 5.88. The van der Waals surface area contributed by atoms with Gasteiger partial charge in [0.15, 0.2) is 0 Å². The minimum atomic E-state index is -0.957. The molecule has 0 aliphatic carbocycles. The summed E-state index contributed by atoms with van der Waals surface area (Å²) in [4.78, 5) is 0. The third-order valence-corrected chi connectivity index (χ3v) is 3.11. The van der Waals surface area contributed by atoms with Crippen LogP contribution in [0.15, 0.2) is 42.2 Å². The van der Waals surface area contributed by atoms with E-state index in [4.69, 9.17) is 4.74 Å². The zero-order valence-corrected chi connectivity index (χ0v) is 9.65. The quantitative estimate of drug-likeness (QED) is 0.845.